The highest BCUT2D eigenvalue weighted by atomic mass is 16.7. The molecule has 0 amide bonds. The van der Waals surface area contributed by atoms with Crippen molar-refractivity contribution < 1.29 is 14.6 Å². The zero-order valence-electron chi connectivity index (χ0n) is 31.4. The molecule has 4 heteroatoms. The maximum Gasteiger partial charge on any atom is 0.172 e. The van der Waals surface area contributed by atoms with Crippen LogP contribution in [0.5, 0.6) is 0 Å². The average molecular weight is 658 g/mol. The largest absolute Gasteiger partial charge is 0.395 e. The fourth-order valence-electron chi connectivity index (χ4n) is 6.42. The SMILES string of the molecule is CCCCCC=CCC=CCCCCCCCCOC(OCCCCCCCCC=CCC=CCCCCC)[C@H]1CCCN1CCO. The molecule has 1 aliphatic heterocycles. The predicted molar refractivity (Wildman–Crippen MR) is 206 cm³/mol. The van der Waals surface area contributed by atoms with Gasteiger partial charge in [0.25, 0.3) is 0 Å². The molecule has 0 bridgehead atoms. The van der Waals surface area contributed by atoms with Crippen LogP contribution in [0.4, 0.5) is 0 Å². The molecule has 1 aliphatic rings. The maximum absolute atomic E-state index is 9.55. The number of aliphatic hydroxyl groups is 1. The molecule has 1 saturated heterocycles. The van der Waals surface area contributed by atoms with Crippen molar-refractivity contribution in [2.24, 2.45) is 0 Å². The minimum Gasteiger partial charge on any atom is -0.395 e. The molecule has 274 valence electrons. The second-order valence-electron chi connectivity index (χ2n) is 13.7. The van der Waals surface area contributed by atoms with E-state index in [2.05, 4.69) is 67.4 Å². The van der Waals surface area contributed by atoms with Crippen LogP contribution in [0.3, 0.4) is 0 Å². The summed E-state index contributed by atoms with van der Waals surface area (Å²) in [5.41, 5.74) is 0. The van der Waals surface area contributed by atoms with E-state index >= 15 is 0 Å². The number of unbranched alkanes of at least 4 members (excludes halogenated alkanes) is 18. The minimum absolute atomic E-state index is 0.153. The third-order valence-corrected chi connectivity index (χ3v) is 9.37. The summed E-state index contributed by atoms with van der Waals surface area (Å²) in [6.45, 7) is 8.07. The van der Waals surface area contributed by atoms with Gasteiger partial charge in [0.05, 0.1) is 12.6 Å². The minimum atomic E-state index is -0.153. The lowest BCUT2D eigenvalue weighted by Gasteiger charge is -2.31. The molecular formula is C43H79NO3. The second-order valence-corrected chi connectivity index (χ2v) is 13.7. The highest BCUT2D eigenvalue weighted by molar-refractivity contribution is 4.93. The first-order valence-corrected chi connectivity index (χ1v) is 20.5. The first-order valence-electron chi connectivity index (χ1n) is 20.5. The van der Waals surface area contributed by atoms with Crippen molar-refractivity contribution in [3.05, 3.63) is 48.6 Å². The number of nitrogens with zero attached hydrogens (tertiary/aromatic N) is 1. The molecule has 0 saturated carbocycles. The van der Waals surface area contributed by atoms with Crippen LogP contribution in [-0.4, -0.2) is 55.2 Å². The summed E-state index contributed by atoms with van der Waals surface area (Å²) in [6.07, 6.45) is 51.1. The number of allylic oxidation sites excluding steroid dienone is 8. The van der Waals surface area contributed by atoms with Gasteiger partial charge in [0, 0.05) is 19.8 Å². The standard InChI is InChI=1S/C43H79NO3/c1-3-5-7-9-11-13-15-17-19-21-23-25-27-29-31-33-40-46-43(42-36-35-37-44(42)38-39-45)47-41-34-32-30-28-26-24-22-20-18-16-14-12-10-8-6-4-2/h11-14,17-20,42-43,45H,3-10,15-16,21-41H2,1-2H3/t42-,43?/m1/s1. The van der Waals surface area contributed by atoms with Crippen LogP contribution in [-0.2, 0) is 9.47 Å². The summed E-state index contributed by atoms with van der Waals surface area (Å²) in [6, 6.07) is 0.288. The van der Waals surface area contributed by atoms with E-state index in [1.165, 1.54) is 135 Å². The molecular weight excluding hydrogens is 578 g/mol. The van der Waals surface area contributed by atoms with E-state index in [0.717, 1.165) is 58.4 Å². The predicted octanol–water partition coefficient (Wildman–Crippen LogP) is 12.4. The maximum atomic E-state index is 9.55. The van der Waals surface area contributed by atoms with E-state index in [0.29, 0.717) is 0 Å². The summed E-state index contributed by atoms with van der Waals surface area (Å²) in [7, 11) is 0. The van der Waals surface area contributed by atoms with E-state index < -0.39 is 0 Å². The van der Waals surface area contributed by atoms with Crippen molar-refractivity contribution in [1.29, 1.82) is 0 Å². The van der Waals surface area contributed by atoms with Gasteiger partial charge in [-0.05, 0) is 96.4 Å². The Labute approximate surface area is 293 Å². The fourth-order valence-corrected chi connectivity index (χ4v) is 6.42. The summed E-state index contributed by atoms with van der Waals surface area (Å²) >= 11 is 0. The van der Waals surface area contributed by atoms with Crippen molar-refractivity contribution >= 4 is 0 Å². The van der Waals surface area contributed by atoms with E-state index in [4.69, 9.17) is 9.47 Å². The molecule has 1 N–H and O–H groups in total. The van der Waals surface area contributed by atoms with Crippen LogP contribution in [0.1, 0.15) is 181 Å². The number of hydrogen-bond acceptors (Lipinski definition) is 4. The molecule has 4 nitrogen and oxygen atoms in total. The van der Waals surface area contributed by atoms with Crippen molar-refractivity contribution in [3.63, 3.8) is 0 Å². The van der Waals surface area contributed by atoms with Gasteiger partial charge in [-0.2, -0.15) is 0 Å². The summed E-state index contributed by atoms with van der Waals surface area (Å²) < 4.78 is 12.8. The van der Waals surface area contributed by atoms with Gasteiger partial charge in [-0.25, -0.2) is 0 Å². The summed E-state index contributed by atoms with van der Waals surface area (Å²) in [5, 5.41) is 9.55. The zero-order valence-corrected chi connectivity index (χ0v) is 31.4. The Bertz CT molecular complexity index is 695. The quantitative estimate of drug-likeness (QED) is 0.0418. The highest BCUT2D eigenvalue weighted by Gasteiger charge is 2.32. The van der Waals surface area contributed by atoms with E-state index in [-0.39, 0.29) is 18.9 Å². The number of likely N-dealkylation sites (tertiary alicyclic amines) is 1. The van der Waals surface area contributed by atoms with Gasteiger partial charge < -0.3 is 14.6 Å². The van der Waals surface area contributed by atoms with E-state index in [9.17, 15) is 5.11 Å². The van der Waals surface area contributed by atoms with Crippen molar-refractivity contribution in [3.8, 4) is 0 Å². The van der Waals surface area contributed by atoms with E-state index in [1.54, 1.807) is 0 Å². The van der Waals surface area contributed by atoms with Crippen LogP contribution in [0.15, 0.2) is 48.6 Å². The normalized spacial score (nSPS) is 16.7. The van der Waals surface area contributed by atoms with Crippen molar-refractivity contribution in [2.75, 3.05) is 32.9 Å². The lowest BCUT2D eigenvalue weighted by molar-refractivity contribution is -0.175. The van der Waals surface area contributed by atoms with Crippen LogP contribution in [0, 0.1) is 0 Å². The molecule has 0 spiro atoms. The Kier molecular flexibility index (Phi) is 33.6. The Hall–Kier alpha value is -1.20. The number of β-amino-alcohol motifs (C(OH)–C–C–N with tert-alkyl or cyclic N) is 1. The van der Waals surface area contributed by atoms with Crippen LogP contribution < -0.4 is 0 Å². The van der Waals surface area contributed by atoms with Gasteiger partial charge in [-0.15, -0.1) is 0 Å². The van der Waals surface area contributed by atoms with Crippen LogP contribution >= 0.6 is 0 Å². The van der Waals surface area contributed by atoms with Crippen LogP contribution in [0.2, 0.25) is 0 Å². The fraction of sp³-hybridized carbons (Fsp3) is 0.814. The van der Waals surface area contributed by atoms with Crippen LogP contribution in [0.25, 0.3) is 0 Å². The molecule has 0 unspecified atom stereocenters. The molecule has 0 aromatic carbocycles. The van der Waals surface area contributed by atoms with Gasteiger partial charge in [0.1, 0.15) is 0 Å². The molecule has 0 aromatic rings. The Morgan fingerprint density at radius 2 is 0.957 bits per heavy atom. The highest BCUT2D eigenvalue weighted by Crippen LogP contribution is 2.23. The van der Waals surface area contributed by atoms with Gasteiger partial charge >= 0.3 is 0 Å². The van der Waals surface area contributed by atoms with Gasteiger partial charge in [-0.1, -0.05) is 140 Å². The lowest BCUT2D eigenvalue weighted by atomic mass is 10.1. The second kappa shape index (κ2) is 36.1. The smallest absolute Gasteiger partial charge is 0.172 e. The Morgan fingerprint density at radius 1 is 0.553 bits per heavy atom. The zero-order chi connectivity index (χ0) is 33.7. The topological polar surface area (TPSA) is 41.9 Å². The molecule has 1 fully saturated rings. The molecule has 0 radical (unpaired) electrons. The lowest BCUT2D eigenvalue weighted by Crippen LogP contribution is -2.43. The van der Waals surface area contributed by atoms with Crippen molar-refractivity contribution in [1.82, 2.24) is 4.90 Å². The Morgan fingerprint density at radius 3 is 1.38 bits per heavy atom. The third kappa shape index (κ3) is 28.4. The van der Waals surface area contributed by atoms with E-state index in [1.807, 2.05) is 0 Å². The molecule has 1 atom stereocenters. The van der Waals surface area contributed by atoms with Gasteiger partial charge in [0.15, 0.2) is 6.29 Å². The summed E-state index contributed by atoms with van der Waals surface area (Å²) in [5.74, 6) is 0. The number of aliphatic hydroxyl groups excluding tert-OH is 1. The monoisotopic (exact) mass is 658 g/mol. The molecule has 1 heterocycles. The third-order valence-electron chi connectivity index (χ3n) is 9.37. The number of hydrogen-bond donors (Lipinski definition) is 1. The molecule has 0 aromatic heterocycles. The first-order chi connectivity index (χ1) is 23.3. The summed E-state index contributed by atoms with van der Waals surface area (Å²) in [4.78, 5) is 2.38. The van der Waals surface area contributed by atoms with Crippen molar-refractivity contribution in [2.45, 2.75) is 193 Å². The Balaban J connectivity index is 2.10. The molecule has 0 aliphatic carbocycles. The number of rotatable bonds is 35. The number of ether oxygens (including phenoxy) is 2. The first kappa shape index (κ1) is 43.8. The average Bonchev–Trinajstić information content (AvgIpc) is 3.54. The van der Waals surface area contributed by atoms with Gasteiger partial charge in [0.2, 0.25) is 0 Å². The molecule has 1 rings (SSSR count). The molecule has 47 heavy (non-hydrogen) atoms. The van der Waals surface area contributed by atoms with Gasteiger partial charge in [-0.3, -0.25) is 4.90 Å².